The molecule has 0 spiro atoms. The van der Waals surface area contributed by atoms with Crippen molar-refractivity contribution in [1.29, 1.82) is 0 Å². The molecule has 0 saturated heterocycles. The molecule has 19 heavy (non-hydrogen) atoms. The monoisotopic (exact) mass is 265 g/mol. The molecule has 0 amide bonds. The van der Waals surface area contributed by atoms with E-state index in [4.69, 9.17) is 9.84 Å². The fourth-order valence-corrected chi connectivity index (χ4v) is 1.54. The second-order valence-corrected chi connectivity index (χ2v) is 3.77. The normalized spacial score (nSPS) is 10.3. The molecule has 0 aliphatic heterocycles. The predicted molar refractivity (Wildman–Crippen MR) is 62.4 cm³/mol. The van der Waals surface area contributed by atoms with Crippen LogP contribution in [0.3, 0.4) is 0 Å². The van der Waals surface area contributed by atoms with Crippen molar-refractivity contribution < 1.29 is 23.4 Å². The highest BCUT2D eigenvalue weighted by atomic mass is 19.2. The lowest BCUT2D eigenvalue weighted by molar-refractivity contribution is 0.0692. The van der Waals surface area contributed by atoms with Gasteiger partial charge in [0.15, 0.2) is 11.6 Å². The van der Waals surface area contributed by atoms with E-state index in [2.05, 4.69) is 4.98 Å². The summed E-state index contributed by atoms with van der Waals surface area (Å²) in [5, 5.41) is 9.06. The summed E-state index contributed by atoms with van der Waals surface area (Å²) in [6, 6.07) is 4.86. The number of aromatic carboxylic acids is 1. The van der Waals surface area contributed by atoms with Crippen LogP contribution in [0.1, 0.15) is 15.9 Å². The van der Waals surface area contributed by atoms with Gasteiger partial charge >= 0.3 is 5.97 Å². The molecule has 1 heterocycles. The van der Waals surface area contributed by atoms with Gasteiger partial charge in [0.05, 0.1) is 0 Å². The second-order valence-electron chi connectivity index (χ2n) is 3.77. The van der Waals surface area contributed by atoms with Gasteiger partial charge in [0.25, 0.3) is 0 Å². The first-order chi connectivity index (χ1) is 9.00. The molecular formula is C13H9F2NO3. The Balaban J connectivity index is 2.47. The number of carboxylic acid groups (broad SMARTS) is 1. The maximum atomic E-state index is 13.4. The lowest BCUT2D eigenvalue weighted by atomic mass is 10.1. The third kappa shape index (κ3) is 2.52. The molecule has 2 rings (SSSR count). The molecule has 0 aliphatic rings. The quantitative estimate of drug-likeness (QED) is 0.926. The molecule has 0 unspecified atom stereocenters. The molecule has 0 atom stereocenters. The molecule has 6 heteroatoms. The largest absolute Gasteiger partial charge is 0.477 e. The third-order valence-corrected chi connectivity index (χ3v) is 2.46. The van der Waals surface area contributed by atoms with Crippen LogP contribution in [0.2, 0.25) is 0 Å². The highest BCUT2D eigenvalue weighted by Gasteiger charge is 2.18. The minimum atomic E-state index is -1.25. The average molecular weight is 265 g/mol. The van der Waals surface area contributed by atoms with Gasteiger partial charge in [0.2, 0.25) is 11.7 Å². The van der Waals surface area contributed by atoms with E-state index >= 15 is 0 Å². The van der Waals surface area contributed by atoms with E-state index in [-0.39, 0.29) is 11.4 Å². The van der Waals surface area contributed by atoms with Crippen LogP contribution in [-0.2, 0) is 0 Å². The Morgan fingerprint density at radius 3 is 2.74 bits per heavy atom. The van der Waals surface area contributed by atoms with E-state index in [1.165, 1.54) is 24.4 Å². The molecule has 1 aromatic heterocycles. The van der Waals surface area contributed by atoms with Gasteiger partial charge < -0.3 is 9.84 Å². The summed E-state index contributed by atoms with van der Waals surface area (Å²) in [5.41, 5.74) is 0.223. The van der Waals surface area contributed by atoms with Crippen molar-refractivity contribution in [2.75, 3.05) is 0 Å². The number of ether oxygens (including phenoxy) is 1. The summed E-state index contributed by atoms with van der Waals surface area (Å²) in [7, 11) is 0. The van der Waals surface area contributed by atoms with E-state index in [0.717, 1.165) is 6.07 Å². The van der Waals surface area contributed by atoms with Crippen LogP contribution in [0.15, 0.2) is 30.5 Å². The number of aryl methyl sites for hydroxylation is 1. The number of rotatable bonds is 3. The second kappa shape index (κ2) is 5.01. The standard InChI is InChI=1S/C13H9F2NO3/c1-7-5-6-16-12(10(7)13(17)18)19-9-4-2-3-8(14)11(9)15/h2-6H,1H3,(H,17,18). The van der Waals surface area contributed by atoms with Crippen molar-refractivity contribution in [2.24, 2.45) is 0 Å². The molecule has 0 saturated carbocycles. The topological polar surface area (TPSA) is 59.4 Å². The fourth-order valence-electron chi connectivity index (χ4n) is 1.54. The van der Waals surface area contributed by atoms with Gasteiger partial charge in [-0.25, -0.2) is 14.2 Å². The minimum Gasteiger partial charge on any atom is -0.477 e. The van der Waals surface area contributed by atoms with Crippen LogP contribution in [0.4, 0.5) is 8.78 Å². The van der Waals surface area contributed by atoms with Crippen molar-refractivity contribution in [1.82, 2.24) is 4.98 Å². The highest BCUT2D eigenvalue weighted by Crippen LogP contribution is 2.28. The smallest absolute Gasteiger partial charge is 0.341 e. The van der Waals surface area contributed by atoms with Gasteiger partial charge in [-0.05, 0) is 30.7 Å². The number of carboxylic acids is 1. The fraction of sp³-hybridized carbons (Fsp3) is 0.0769. The molecule has 0 fully saturated rings. The first-order valence-corrected chi connectivity index (χ1v) is 5.31. The number of aromatic nitrogens is 1. The first-order valence-electron chi connectivity index (χ1n) is 5.31. The van der Waals surface area contributed by atoms with Crippen molar-refractivity contribution in [3.8, 4) is 11.6 Å². The molecule has 0 aliphatic carbocycles. The molecule has 1 aromatic carbocycles. The van der Waals surface area contributed by atoms with Crippen LogP contribution < -0.4 is 4.74 Å². The van der Waals surface area contributed by atoms with Crippen LogP contribution in [-0.4, -0.2) is 16.1 Å². The number of halogens is 2. The van der Waals surface area contributed by atoms with E-state index < -0.39 is 23.4 Å². The Morgan fingerprint density at radius 2 is 2.05 bits per heavy atom. The molecule has 98 valence electrons. The molecule has 1 N–H and O–H groups in total. The van der Waals surface area contributed by atoms with E-state index in [9.17, 15) is 13.6 Å². The van der Waals surface area contributed by atoms with Crippen LogP contribution >= 0.6 is 0 Å². The van der Waals surface area contributed by atoms with Crippen molar-refractivity contribution in [3.63, 3.8) is 0 Å². The SMILES string of the molecule is Cc1ccnc(Oc2cccc(F)c2F)c1C(=O)O. The van der Waals surface area contributed by atoms with Crippen molar-refractivity contribution >= 4 is 5.97 Å². The van der Waals surface area contributed by atoms with Gasteiger partial charge in [-0.2, -0.15) is 4.39 Å². The number of pyridine rings is 1. The van der Waals surface area contributed by atoms with Gasteiger partial charge in [-0.1, -0.05) is 6.07 Å². The van der Waals surface area contributed by atoms with Gasteiger partial charge in [-0.3, -0.25) is 0 Å². The Bertz CT molecular complexity index is 644. The first kappa shape index (κ1) is 12.9. The van der Waals surface area contributed by atoms with Gasteiger partial charge in [0, 0.05) is 6.20 Å². The molecule has 2 aromatic rings. The maximum Gasteiger partial charge on any atom is 0.341 e. The lowest BCUT2D eigenvalue weighted by Gasteiger charge is -2.10. The summed E-state index contributed by atoms with van der Waals surface area (Å²) in [5.74, 6) is -4.22. The Morgan fingerprint density at radius 1 is 1.32 bits per heavy atom. The van der Waals surface area contributed by atoms with Crippen molar-refractivity contribution in [3.05, 3.63) is 53.2 Å². The summed E-state index contributed by atoms with van der Waals surface area (Å²) < 4.78 is 31.5. The highest BCUT2D eigenvalue weighted by molar-refractivity contribution is 5.91. The molecule has 0 radical (unpaired) electrons. The number of nitrogens with zero attached hydrogens (tertiary/aromatic N) is 1. The number of hydrogen-bond acceptors (Lipinski definition) is 3. The van der Waals surface area contributed by atoms with Gasteiger partial charge in [-0.15, -0.1) is 0 Å². The Labute approximate surface area is 107 Å². The summed E-state index contributed by atoms with van der Waals surface area (Å²) in [6.07, 6.45) is 1.33. The Kier molecular flexibility index (Phi) is 3.41. The summed E-state index contributed by atoms with van der Waals surface area (Å²) >= 11 is 0. The van der Waals surface area contributed by atoms with Crippen LogP contribution in [0, 0.1) is 18.6 Å². The van der Waals surface area contributed by atoms with Gasteiger partial charge in [0.1, 0.15) is 5.56 Å². The molecule has 0 bridgehead atoms. The molecular weight excluding hydrogens is 256 g/mol. The average Bonchev–Trinajstić information content (AvgIpc) is 2.34. The lowest BCUT2D eigenvalue weighted by Crippen LogP contribution is -2.05. The predicted octanol–water partition coefficient (Wildman–Crippen LogP) is 3.16. The van der Waals surface area contributed by atoms with Crippen molar-refractivity contribution in [2.45, 2.75) is 6.92 Å². The van der Waals surface area contributed by atoms with E-state index in [0.29, 0.717) is 5.56 Å². The van der Waals surface area contributed by atoms with Crippen LogP contribution in [0.5, 0.6) is 11.6 Å². The third-order valence-electron chi connectivity index (χ3n) is 2.46. The molecule has 4 nitrogen and oxygen atoms in total. The number of benzene rings is 1. The zero-order valence-electron chi connectivity index (χ0n) is 9.85. The van der Waals surface area contributed by atoms with E-state index in [1.807, 2.05) is 0 Å². The number of carbonyl (C=O) groups is 1. The minimum absolute atomic E-state index is 0.189. The zero-order valence-corrected chi connectivity index (χ0v) is 9.85. The van der Waals surface area contributed by atoms with E-state index in [1.54, 1.807) is 6.92 Å². The summed E-state index contributed by atoms with van der Waals surface area (Å²) in [4.78, 5) is 14.8. The zero-order chi connectivity index (χ0) is 14.0. The van der Waals surface area contributed by atoms with Crippen LogP contribution in [0.25, 0.3) is 0 Å². The summed E-state index contributed by atoms with van der Waals surface area (Å²) in [6.45, 7) is 1.56. The number of hydrogen-bond donors (Lipinski definition) is 1. The maximum absolute atomic E-state index is 13.4. The Hall–Kier alpha value is -2.50.